The zero-order valence-electron chi connectivity index (χ0n) is 17.8. The van der Waals surface area contributed by atoms with Crippen LogP contribution in [0.2, 0.25) is 0 Å². The van der Waals surface area contributed by atoms with Crippen molar-refractivity contribution in [3.05, 3.63) is 70.1 Å². The second-order valence-electron chi connectivity index (χ2n) is 8.10. The van der Waals surface area contributed by atoms with Gasteiger partial charge in [0.05, 0.1) is 12.2 Å². The van der Waals surface area contributed by atoms with Crippen LogP contribution in [-0.2, 0) is 11.3 Å². The third-order valence-corrected chi connectivity index (χ3v) is 8.50. The van der Waals surface area contributed by atoms with Gasteiger partial charge in [-0.3, -0.25) is 14.7 Å². The number of hydrogen-bond acceptors (Lipinski definition) is 5. The first kappa shape index (κ1) is 20.7. The lowest BCUT2D eigenvalue weighted by Gasteiger charge is -2.30. The maximum Gasteiger partial charge on any atom is 0.269 e. The first-order valence-electron chi connectivity index (χ1n) is 11.1. The molecule has 2 fully saturated rings. The molecule has 5 rings (SSSR count). The molecule has 0 bridgehead atoms. The summed E-state index contributed by atoms with van der Waals surface area (Å²) in [6, 6.07) is 19.0. The second-order valence-corrected chi connectivity index (χ2v) is 10.1. The van der Waals surface area contributed by atoms with Crippen molar-refractivity contribution in [2.45, 2.75) is 56.5 Å². The highest BCUT2D eigenvalue weighted by Gasteiger charge is 2.42. The van der Waals surface area contributed by atoms with E-state index in [-0.39, 0.29) is 11.9 Å². The fraction of sp³-hybridized carbons (Fsp3) is 0.360. The van der Waals surface area contributed by atoms with Crippen molar-refractivity contribution in [1.82, 2.24) is 4.90 Å². The monoisotopic (exact) mass is 449 g/mol. The number of rotatable bonds is 4. The number of fused-ring (bicyclic) bond motifs is 1. The number of carbonyl (C=O) groups is 1. The summed E-state index contributed by atoms with van der Waals surface area (Å²) in [5.74, 6) is 0.137. The molecule has 0 N–H and O–H groups in total. The molecule has 2 aromatic rings. The van der Waals surface area contributed by atoms with E-state index >= 15 is 0 Å². The molecule has 0 atom stereocenters. The zero-order valence-corrected chi connectivity index (χ0v) is 19.4. The molecule has 3 aliphatic rings. The summed E-state index contributed by atoms with van der Waals surface area (Å²) in [5, 5.41) is 1.93. The predicted octanol–water partition coefficient (Wildman–Crippen LogP) is 6.25. The Kier molecular flexibility index (Phi) is 6.10. The van der Waals surface area contributed by atoms with E-state index in [1.54, 1.807) is 23.5 Å². The van der Waals surface area contributed by atoms with Crippen molar-refractivity contribution in [2.24, 2.45) is 4.99 Å². The molecule has 4 nitrogen and oxygen atoms in total. The van der Waals surface area contributed by atoms with E-state index in [1.165, 1.54) is 35.4 Å². The van der Waals surface area contributed by atoms with Crippen molar-refractivity contribution in [1.29, 1.82) is 0 Å². The minimum Gasteiger partial charge on any atom is -0.334 e. The van der Waals surface area contributed by atoms with E-state index in [9.17, 15) is 4.79 Å². The highest BCUT2D eigenvalue weighted by atomic mass is 32.2. The molecule has 1 aliphatic carbocycles. The van der Waals surface area contributed by atoms with Crippen LogP contribution in [0.15, 0.2) is 74.4 Å². The highest BCUT2D eigenvalue weighted by molar-refractivity contribution is 8.19. The summed E-state index contributed by atoms with van der Waals surface area (Å²) in [7, 11) is 0. The van der Waals surface area contributed by atoms with Crippen LogP contribution in [-0.4, -0.2) is 28.6 Å². The summed E-state index contributed by atoms with van der Waals surface area (Å²) < 4.78 is 0. The van der Waals surface area contributed by atoms with Crippen LogP contribution >= 0.6 is 23.5 Å². The second kappa shape index (κ2) is 9.13. The molecule has 0 aromatic heterocycles. The first-order valence-corrected chi connectivity index (χ1v) is 12.8. The Bertz CT molecular complexity index is 1030. The third-order valence-electron chi connectivity index (χ3n) is 6.11. The van der Waals surface area contributed by atoms with Gasteiger partial charge in [0.2, 0.25) is 0 Å². The maximum absolute atomic E-state index is 13.8. The Morgan fingerprint density at radius 3 is 2.48 bits per heavy atom. The van der Waals surface area contributed by atoms with E-state index in [1.807, 2.05) is 23.1 Å². The van der Waals surface area contributed by atoms with Crippen molar-refractivity contribution in [3.63, 3.8) is 0 Å². The van der Waals surface area contributed by atoms with Gasteiger partial charge in [0.25, 0.3) is 5.91 Å². The lowest BCUT2D eigenvalue weighted by atomic mass is 9.94. The van der Waals surface area contributed by atoms with E-state index < -0.39 is 0 Å². The van der Waals surface area contributed by atoms with Crippen LogP contribution in [0.5, 0.6) is 0 Å². The molecular weight excluding hydrogens is 422 g/mol. The summed E-state index contributed by atoms with van der Waals surface area (Å²) in [6.45, 7) is 3.60. The Hall–Kier alpha value is -2.18. The number of amidine groups is 1. The van der Waals surface area contributed by atoms with Crippen LogP contribution in [0, 0.1) is 0 Å². The fourth-order valence-corrected chi connectivity index (χ4v) is 6.98. The largest absolute Gasteiger partial charge is 0.334 e. The van der Waals surface area contributed by atoms with E-state index in [0.29, 0.717) is 6.54 Å². The number of thioether (sulfide) groups is 2. The number of para-hydroxylation sites is 1. The van der Waals surface area contributed by atoms with Gasteiger partial charge in [-0.15, -0.1) is 0 Å². The lowest BCUT2D eigenvalue weighted by molar-refractivity contribution is -0.124. The average Bonchev–Trinajstić information content (AvgIpc) is 3.35. The van der Waals surface area contributed by atoms with E-state index in [0.717, 1.165) is 34.5 Å². The minimum absolute atomic E-state index is 0.137. The Morgan fingerprint density at radius 2 is 1.71 bits per heavy atom. The Balaban J connectivity index is 1.51. The van der Waals surface area contributed by atoms with Gasteiger partial charge < -0.3 is 4.90 Å². The molecule has 31 heavy (non-hydrogen) atoms. The summed E-state index contributed by atoms with van der Waals surface area (Å²) in [4.78, 5) is 25.1. The van der Waals surface area contributed by atoms with Gasteiger partial charge >= 0.3 is 0 Å². The molecule has 160 valence electrons. The molecule has 1 saturated heterocycles. The number of nitrogens with zero attached hydrogens (tertiary/aromatic N) is 3. The number of benzene rings is 2. The van der Waals surface area contributed by atoms with Crippen LogP contribution < -0.4 is 4.90 Å². The van der Waals surface area contributed by atoms with Crippen molar-refractivity contribution < 1.29 is 4.79 Å². The van der Waals surface area contributed by atoms with Gasteiger partial charge in [-0.25, -0.2) is 0 Å². The van der Waals surface area contributed by atoms with Gasteiger partial charge in [0, 0.05) is 17.5 Å². The van der Waals surface area contributed by atoms with E-state index in [2.05, 4.69) is 48.2 Å². The zero-order chi connectivity index (χ0) is 21.2. The predicted molar refractivity (Wildman–Crippen MR) is 131 cm³/mol. The average molecular weight is 450 g/mol. The minimum atomic E-state index is 0.137. The topological polar surface area (TPSA) is 35.9 Å². The molecule has 1 amide bonds. The summed E-state index contributed by atoms with van der Waals surface area (Å²) in [5.41, 5.74) is 2.37. The van der Waals surface area contributed by atoms with Crippen LogP contribution in [0.1, 0.15) is 44.6 Å². The molecule has 2 aliphatic heterocycles. The van der Waals surface area contributed by atoms with Gasteiger partial charge in [-0.2, -0.15) is 0 Å². The van der Waals surface area contributed by atoms with E-state index in [4.69, 9.17) is 4.99 Å². The van der Waals surface area contributed by atoms with Crippen LogP contribution in [0.25, 0.3) is 0 Å². The number of amides is 1. The van der Waals surface area contributed by atoms with Gasteiger partial charge in [-0.05, 0) is 49.2 Å². The molecule has 0 spiro atoms. The van der Waals surface area contributed by atoms with Gasteiger partial charge in [0.1, 0.15) is 9.93 Å². The summed E-state index contributed by atoms with van der Waals surface area (Å²) in [6.07, 6.45) is 5.80. The Morgan fingerprint density at radius 1 is 0.968 bits per heavy atom. The molecular formula is C25H27N3OS2. The molecule has 0 unspecified atom stereocenters. The molecule has 2 aromatic carbocycles. The number of carbonyl (C=O) groups excluding carboxylic acids is 1. The smallest absolute Gasteiger partial charge is 0.269 e. The molecule has 0 radical (unpaired) electrons. The molecule has 6 heteroatoms. The van der Waals surface area contributed by atoms with Crippen molar-refractivity contribution >= 4 is 40.3 Å². The lowest BCUT2D eigenvalue weighted by Crippen LogP contribution is -2.40. The van der Waals surface area contributed by atoms with Crippen LogP contribution in [0.3, 0.4) is 0 Å². The Labute approximate surface area is 192 Å². The van der Waals surface area contributed by atoms with Gasteiger partial charge in [0.15, 0.2) is 5.17 Å². The quantitative estimate of drug-likeness (QED) is 0.517. The molecule has 1 saturated carbocycles. The maximum atomic E-state index is 13.8. The number of hydrogen-bond donors (Lipinski definition) is 0. The third kappa shape index (κ3) is 4.03. The highest BCUT2D eigenvalue weighted by Crippen LogP contribution is 2.51. The number of aliphatic imine (C=N–C) groups is 1. The van der Waals surface area contributed by atoms with Crippen LogP contribution in [0.4, 0.5) is 5.69 Å². The van der Waals surface area contributed by atoms with Gasteiger partial charge in [-0.1, -0.05) is 73.5 Å². The standard InChI is InChI=1S/C25H27N3OS2/c1-2-27-20-15-9-10-16-21(20)30-24(27)22-23(29)28(19-13-7-4-8-14-19)25(31-22)26-17-18-11-5-3-6-12-18/h3,5-6,9-12,15-16,19H,2,4,7-8,13-14,17H2,1H3. The normalized spacial score (nSPS) is 23.1. The van der Waals surface area contributed by atoms with Crippen molar-refractivity contribution in [2.75, 3.05) is 11.4 Å². The first-order chi connectivity index (χ1) is 15.3. The van der Waals surface area contributed by atoms with Crippen molar-refractivity contribution in [3.8, 4) is 0 Å². The summed E-state index contributed by atoms with van der Waals surface area (Å²) >= 11 is 3.29. The number of anilines is 1. The fourth-order valence-electron chi connectivity index (χ4n) is 4.55. The molecule has 2 heterocycles. The SMILES string of the molecule is CCN1C(=C2SC(=NCc3ccccc3)N(C3CCCCC3)C2=O)Sc2ccccc21.